The summed E-state index contributed by atoms with van der Waals surface area (Å²) in [5.74, 6) is -0.721. The van der Waals surface area contributed by atoms with Crippen LogP contribution in [0.1, 0.15) is 18.4 Å². The van der Waals surface area contributed by atoms with Crippen LogP contribution in [-0.4, -0.2) is 22.2 Å². The van der Waals surface area contributed by atoms with Crippen molar-refractivity contribution in [3.63, 3.8) is 0 Å². The van der Waals surface area contributed by atoms with E-state index in [1.165, 1.54) is 0 Å². The van der Waals surface area contributed by atoms with E-state index < -0.39 is 12.0 Å². The Hall–Kier alpha value is -1.55. The quantitative estimate of drug-likeness (QED) is 0.678. The molecule has 1 aromatic rings. The number of rotatable bonds is 5. The van der Waals surface area contributed by atoms with Crippen molar-refractivity contribution in [2.75, 3.05) is 0 Å². The Labute approximate surface area is 88.3 Å². The smallest absolute Gasteiger partial charge is 0.320 e. The van der Waals surface area contributed by atoms with E-state index in [4.69, 9.17) is 15.9 Å². The zero-order valence-corrected chi connectivity index (χ0v) is 8.39. The van der Waals surface area contributed by atoms with Gasteiger partial charge in [0.2, 0.25) is 0 Å². The van der Waals surface area contributed by atoms with Crippen molar-refractivity contribution in [1.29, 1.82) is 0 Å². The molecule has 0 radical (unpaired) electrons. The van der Waals surface area contributed by atoms with Gasteiger partial charge in [-0.1, -0.05) is 12.1 Å². The maximum atomic E-state index is 10.4. The third kappa shape index (κ3) is 3.99. The van der Waals surface area contributed by atoms with E-state index >= 15 is 0 Å². The molecule has 0 aliphatic carbocycles. The fourth-order valence-corrected chi connectivity index (χ4v) is 1.31. The summed E-state index contributed by atoms with van der Waals surface area (Å²) in [6, 6.07) is 6.10. The molecule has 0 aliphatic heterocycles. The highest BCUT2D eigenvalue weighted by atomic mass is 16.4. The maximum absolute atomic E-state index is 10.4. The van der Waals surface area contributed by atoms with Gasteiger partial charge in [-0.15, -0.1) is 0 Å². The number of aryl methyl sites for hydroxylation is 1. The molecule has 4 heteroatoms. The van der Waals surface area contributed by atoms with Crippen molar-refractivity contribution < 1.29 is 15.0 Å². The molecule has 0 aliphatic rings. The molecule has 0 saturated carbocycles. The Morgan fingerprint density at radius 2 is 1.93 bits per heavy atom. The molecule has 4 N–H and O–H groups in total. The first-order chi connectivity index (χ1) is 7.09. The van der Waals surface area contributed by atoms with Gasteiger partial charge < -0.3 is 15.9 Å². The number of aliphatic carboxylic acids is 1. The SMILES string of the molecule is N[C@H](CCCc1ccc(O)cc1)C(=O)O. The topological polar surface area (TPSA) is 83.5 Å². The Morgan fingerprint density at radius 1 is 1.33 bits per heavy atom. The fourth-order valence-electron chi connectivity index (χ4n) is 1.31. The van der Waals surface area contributed by atoms with E-state index in [1.54, 1.807) is 12.1 Å². The van der Waals surface area contributed by atoms with Gasteiger partial charge in [-0.25, -0.2) is 0 Å². The molecule has 0 amide bonds. The number of aromatic hydroxyl groups is 1. The molecule has 0 aromatic heterocycles. The Balaban J connectivity index is 2.32. The van der Waals surface area contributed by atoms with Crippen LogP contribution in [0.5, 0.6) is 5.75 Å². The summed E-state index contributed by atoms with van der Waals surface area (Å²) in [5, 5.41) is 17.6. The number of hydrogen-bond donors (Lipinski definition) is 3. The summed E-state index contributed by atoms with van der Waals surface area (Å²) in [5.41, 5.74) is 6.44. The normalized spacial score (nSPS) is 12.3. The van der Waals surface area contributed by atoms with Crippen LogP contribution >= 0.6 is 0 Å². The van der Waals surface area contributed by atoms with Crippen LogP contribution in [0.2, 0.25) is 0 Å². The van der Waals surface area contributed by atoms with Crippen molar-refractivity contribution in [2.45, 2.75) is 25.3 Å². The molecule has 4 nitrogen and oxygen atoms in total. The molecule has 0 heterocycles. The van der Waals surface area contributed by atoms with E-state index in [0.29, 0.717) is 6.42 Å². The van der Waals surface area contributed by atoms with Crippen LogP contribution in [0.25, 0.3) is 0 Å². The van der Waals surface area contributed by atoms with Crippen LogP contribution < -0.4 is 5.73 Å². The molecular formula is C11H15NO3. The van der Waals surface area contributed by atoms with E-state index in [0.717, 1.165) is 18.4 Å². The molecule has 0 unspecified atom stereocenters. The molecule has 1 atom stereocenters. The second-order valence-electron chi connectivity index (χ2n) is 3.50. The number of phenols is 1. The minimum absolute atomic E-state index is 0.237. The molecule has 1 aromatic carbocycles. The van der Waals surface area contributed by atoms with E-state index in [-0.39, 0.29) is 5.75 Å². The summed E-state index contributed by atoms with van der Waals surface area (Å²) in [7, 11) is 0. The second kappa shape index (κ2) is 5.36. The molecule has 15 heavy (non-hydrogen) atoms. The molecule has 1 rings (SSSR count). The fraction of sp³-hybridized carbons (Fsp3) is 0.364. The Bertz CT molecular complexity index is 321. The number of carbonyl (C=O) groups is 1. The number of carboxylic acid groups (broad SMARTS) is 1. The standard InChI is InChI=1S/C11H15NO3/c12-10(11(14)15)3-1-2-8-4-6-9(13)7-5-8/h4-7,10,13H,1-3,12H2,(H,14,15)/t10-/m1/s1. The first kappa shape index (κ1) is 11.5. The monoisotopic (exact) mass is 209 g/mol. The van der Waals surface area contributed by atoms with Crippen LogP contribution in [0, 0.1) is 0 Å². The average molecular weight is 209 g/mol. The van der Waals surface area contributed by atoms with Gasteiger partial charge in [-0.05, 0) is 37.0 Å². The van der Waals surface area contributed by atoms with Gasteiger partial charge in [0.25, 0.3) is 0 Å². The predicted octanol–water partition coefficient (Wildman–Crippen LogP) is 1.13. The van der Waals surface area contributed by atoms with Crippen LogP contribution in [0.4, 0.5) is 0 Å². The molecule has 0 fully saturated rings. The summed E-state index contributed by atoms with van der Waals surface area (Å²) in [6.07, 6.45) is 1.98. The molecule has 0 bridgehead atoms. The lowest BCUT2D eigenvalue weighted by atomic mass is 10.1. The minimum Gasteiger partial charge on any atom is -0.508 e. The second-order valence-corrected chi connectivity index (χ2v) is 3.50. The van der Waals surface area contributed by atoms with Gasteiger partial charge in [0.15, 0.2) is 0 Å². The zero-order chi connectivity index (χ0) is 11.3. The van der Waals surface area contributed by atoms with Crippen molar-refractivity contribution in [3.05, 3.63) is 29.8 Å². The summed E-state index contributed by atoms with van der Waals surface area (Å²) in [4.78, 5) is 10.4. The number of phenolic OH excluding ortho intramolecular Hbond substituents is 1. The van der Waals surface area contributed by atoms with Crippen molar-refractivity contribution in [3.8, 4) is 5.75 Å². The molecule has 82 valence electrons. The van der Waals surface area contributed by atoms with Gasteiger partial charge in [0.05, 0.1) is 0 Å². The minimum atomic E-state index is -0.958. The number of nitrogens with two attached hydrogens (primary N) is 1. The lowest BCUT2D eigenvalue weighted by molar-refractivity contribution is -0.138. The van der Waals surface area contributed by atoms with Crippen molar-refractivity contribution in [2.24, 2.45) is 5.73 Å². The zero-order valence-electron chi connectivity index (χ0n) is 8.39. The first-order valence-corrected chi connectivity index (χ1v) is 4.86. The van der Waals surface area contributed by atoms with Gasteiger partial charge in [0, 0.05) is 0 Å². The van der Waals surface area contributed by atoms with E-state index in [1.807, 2.05) is 12.1 Å². The highest BCUT2D eigenvalue weighted by Gasteiger charge is 2.10. The van der Waals surface area contributed by atoms with Crippen LogP contribution in [0.3, 0.4) is 0 Å². The van der Waals surface area contributed by atoms with Gasteiger partial charge in [-0.3, -0.25) is 4.79 Å². The lowest BCUT2D eigenvalue weighted by Gasteiger charge is -2.05. The largest absolute Gasteiger partial charge is 0.508 e. The third-order valence-corrected chi connectivity index (χ3v) is 2.23. The number of benzene rings is 1. The highest BCUT2D eigenvalue weighted by molar-refractivity contribution is 5.72. The van der Waals surface area contributed by atoms with Crippen LogP contribution in [0.15, 0.2) is 24.3 Å². The van der Waals surface area contributed by atoms with Gasteiger partial charge in [0.1, 0.15) is 11.8 Å². The lowest BCUT2D eigenvalue weighted by Crippen LogP contribution is -2.29. The van der Waals surface area contributed by atoms with E-state index in [2.05, 4.69) is 0 Å². The summed E-state index contributed by atoms with van der Waals surface area (Å²) < 4.78 is 0. The molecular weight excluding hydrogens is 194 g/mol. The van der Waals surface area contributed by atoms with Gasteiger partial charge >= 0.3 is 5.97 Å². The highest BCUT2D eigenvalue weighted by Crippen LogP contribution is 2.12. The van der Waals surface area contributed by atoms with Crippen molar-refractivity contribution >= 4 is 5.97 Å². The number of carboxylic acids is 1. The summed E-state index contributed by atoms with van der Waals surface area (Å²) >= 11 is 0. The molecule has 0 saturated heterocycles. The average Bonchev–Trinajstić information content (AvgIpc) is 2.20. The Kier molecular flexibility index (Phi) is 4.12. The van der Waals surface area contributed by atoms with Crippen molar-refractivity contribution in [1.82, 2.24) is 0 Å². The summed E-state index contributed by atoms with van der Waals surface area (Å²) in [6.45, 7) is 0. The van der Waals surface area contributed by atoms with Gasteiger partial charge in [-0.2, -0.15) is 0 Å². The third-order valence-electron chi connectivity index (χ3n) is 2.23. The molecule has 0 spiro atoms. The number of hydrogen-bond acceptors (Lipinski definition) is 3. The van der Waals surface area contributed by atoms with E-state index in [9.17, 15) is 4.79 Å². The maximum Gasteiger partial charge on any atom is 0.320 e. The predicted molar refractivity (Wildman–Crippen MR) is 56.7 cm³/mol. The first-order valence-electron chi connectivity index (χ1n) is 4.86. The van der Waals surface area contributed by atoms with Crippen LogP contribution in [-0.2, 0) is 11.2 Å². The Morgan fingerprint density at radius 3 is 2.47 bits per heavy atom.